The first-order valence-corrected chi connectivity index (χ1v) is 14.8. The van der Waals surface area contributed by atoms with Crippen LogP contribution in [0, 0.1) is 0 Å². The van der Waals surface area contributed by atoms with E-state index in [2.05, 4.69) is 16.0 Å². The summed E-state index contributed by atoms with van der Waals surface area (Å²) in [6.45, 7) is 6.89. The van der Waals surface area contributed by atoms with Gasteiger partial charge in [-0.3, -0.25) is 14.4 Å². The topological polar surface area (TPSA) is 264 Å². The highest BCUT2D eigenvalue weighted by Crippen LogP contribution is 2.33. The molecule has 15 atom stereocenters. The lowest BCUT2D eigenvalue weighted by Crippen LogP contribution is -2.70. The van der Waals surface area contributed by atoms with Gasteiger partial charge in [-0.2, -0.15) is 0 Å². The highest BCUT2D eigenvalue weighted by atomic mass is 16.7. The second kappa shape index (κ2) is 16.2. The van der Waals surface area contributed by atoms with Crippen molar-refractivity contribution in [3.63, 3.8) is 0 Å². The molecular weight excluding hydrogens is 606 g/mol. The Morgan fingerprint density at radius 3 is 1.38 bits per heavy atom. The molecule has 0 radical (unpaired) electrons. The van der Waals surface area contributed by atoms with Crippen molar-refractivity contribution in [2.75, 3.05) is 13.2 Å². The second-order valence-electron chi connectivity index (χ2n) is 11.6. The second-order valence-corrected chi connectivity index (χ2v) is 11.6. The van der Waals surface area contributed by atoms with Gasteiger partial charge in [-0.1, -0.05) is 0 Å². The van der Waals surface area contributed by atoms with E-state index in [0.29, 0.717) is 0 Å². The minimum Gasteiger partial charge on any atom is -0.394 e. The van der Waals surface area contributed by atoms with Crippen LogP contribution in [0.25, 0.3) is 0 Å². The molecule has 260 valence electrons. The molecular formula is C27H47N3O15. The van der Waals surface area contributed by atoms with Crippen LogP contribution in [0.5, 0.6) is 0 Å². The number of amides is 3. The van der Waals surface area contributed by atoms with Gasteiger partial charge < -0.3 is 75.0 Å². The van der Waals surface area contributed by atoms with Gasteiger partial charge in [0.1, 0.15) is 60.9 Å². The maximum absolute atomic E-state index is 12.4. The summed E-state index contributed by atoms with van der Waals surface area (Å²) in [6, 6.07) is -3.80. The molecule has 3 fully saturated rings. The third-order valence-electron chi connectivity index (χ3n) is 7.89. The summed E-state index contributed by atoms with van der Waals surface area (Å²) in [5.41, 5.74) is 0. The Morgan fingerprint density at radius 2 is 0.956 bits per heavy atom. The van der Waals surface area contributed by atoms with Crippen LogP contribution in [0.1, 0.15) is 41.5 Å². The van der Waals surface area contributed by atoms with Gasteiger partial charge in [0.05, 0.1) is 31.5 Å². The van der Waals surface area contributed by atoms with Gasteiger partial charge >= 0.3 is 0 Å². The quantitative estimate of drug-likeness (QED) is 0.101. The summed E-state index contributed by atoms with van der Waals surface area (Å²) < 4.78 is 35.4. The third-order valence-corrected chi connectivity index (χ3v) is 7.89. The van der Waals surface area contributed by atoms with Crippen molar-refractivity contribution in [1.82, 2.24) is 16.0 Å². The van der Waals surface area contributed by atoms with E-state index < -0.39 is 129 Å². The van der Waals surface area contributed by atoms with Crippen LogP contribution >= 0.6 is 0 Å². The van der Waals surface area contributed by atoms with E-state index in [9.17, 15) is 45.0 Å². The smallest absolute Gasteiger partial charge is 0.217 e. The number of aliphatic hydroxyl groups excluding tert-OH is 6. The van der Waals surface area contributed by atoms with E-state index in [1.165, 1.54) is 41.5 Å². The summed E-state index contributed by atoms with van der Waals surface area (Å²) in [5, 5.41) is 70.2. The minimum atomic E-state index is -1.51. The Labute approximate surface area is 260 Å². The maximum Gasteiger partial charge on any atom is 0.217 e. The molecule has 0 aromatic carbocycles. The molecule has 0 aromatic rings. The molecule has 9 N–H and O–H groups in total. The summed E-state index contributed by atoms with van der Waals surface area (Å²) in [4.78, 5) is 36.5. The van der Waals surface area contributed by atoms with E-state index in [-0.39, 0.29) is 0 Å². The zero-order chi connectivity index (χ0) is 33.7. The molecule has 0 unspecified atom stereocenters. The molecule has 0 aliphatic carbocycles. The van der Waals surface area contributed by atoms with Gasteiger partial charge in [0.25, 0.3) is 0 Å². The first kappa shape index (κ1) is 37.4. The zero-order valence-electron chi connectivity index (χ0n) is 26.0. The Bertz CT molecular complexity index is 1000. The van der Waals surface area contributed by atoms with Gasteiger partial charge in [0, 0.05) is 20.8 Å². The van der Waals surface area contributed by atoms with Crippen molar-refractivity contribution >= 4 is 17.7 Å². The molecule has 0 aromatic heterocycles. The lowest BCUT2D eigenvalue weighted by Gasteiger charge is -2.50. The lowest BCUT2D eigenvalue weighted by atomic mass is 9.94. The fraction of sp³-hybridized carbons (Fsp3) is 0.889. The van der Waals surface area contributed by atoms with Gasteiger partial charge in [-0.25, -0.2) is 0 Å². The van der Waals surface area contributed by atoms with E-state index in [1.807, 2.05) is 0 Å². The van der Waals surface area contributed by atoms with Gasteiger partial charge in [-0.05, 0) is 20.8 Å². The van der Waals surface area contributed by atoms with Crippen LogP contribution < -0.4 is 16.0 Å². The Kier molecular flexibility index (Phi) is 13.4. The first-order chi connectivity index (χ1) is 21.1. The number of hydrogen-bond donors (Lipinski definition) is 9. The number of hydrogen-bond acceptors (Lipinski definition) is 15. The summed E-state index contributed by atoms with van der Waals surface area (Å²) in [6.07, 6.45) is -16.6. The molecule has 3 saturated heterocycles. The van der Waals surface area contributed by atoms with Crippen molar-refractivity contribution in [1.29, 1.82) is 0 Å². The number of aliphatic hydroxyl groups is 6. The highest BCUT2D eigenvalue weighted by Gasteiger charge is 2.54. The maximum atomic E-state index is 12.4. The van der Waals surface area contributed by atoms with E-state index in [0.717, 1.165) is 0 Å². The average Bonchev–Trinajstić information content (AvgIpc) is 2.96. The number of carbonyl (C=O) groups is 3. The molecule has 3 amide bonds. The van der Waals surface area contributed by atoms with Crippen molar-refractivity contribution in [2.24, 2.45) is 0 Å². The molecule has 18 heteroatoms. The zero-order valence-corrected chi connectivity index (χ0v) is 26.0. The number of ether oxygens (including phenoxy) is 6. The van der Waals surface area contributed by atoms with E-state index >= 15 is 0 Å². The molecule has 3 rings (SSSR count). The summed E-state index contributed by atoms with van der Waals surface area (Å²) in [7, 11) is 0. The molecule has 0 spiro atoms. The monoisotopic (exact) mass is 653 g/mol. The third kappa shape index (κ3) is 9.05. The van der Waals surface area contributed by atoms with Crippen LogP contribution in [0.3, 0.4) is 0 Å². The van der Waals surface area contributed by atoms with Crippen LogP contribution in [-0.2, 0) is 42.8 Å². The highest BCUT2D eigenvalue weighted by molar-refractivity contribution is 5.74. The molecule has 45 heavy (non-hydrogen) atoms. The average molecular weight is 654 g/mol. The van der Waals surface area contributed by atoms with Crippen molar-refractivity contribution < 1.29 is 73.4 Å². The normalized spacial score (nSPS) is 42.2. The van der Waals surface area contributed by atoms with E-state index in [4.69, 9.17) is 28.4 Å². The first-order valence-electron chi connectivity index (χ1n) is 14.8. The predicted octanol–water partition coefficient (Wildman–Crippen LogP) is -4.68. The van der Waals surface area contributed by atoms with Gasteiger partial charge in [0.15, 0.2) is 18.9 Å². The number of carbonyl (C=O) groups excluding carboxylic acids is 3. The Balaban J connectivity index is 1.97. The predicted molar refractivity (Wildman–Crippen MR) is 149 cm³/mol. The lowest BCUT2D eigenvalue weighted by molar-refractivity contribution is -0.344. The molecule has 0 bridgehead atoms. The SMILES string of the molecule is CC(=O)N[C@@H]1[C@H](O[C@@H]2[C@H](O)[C@H](C)O[C@@H](O[C@H]3[C@H](O)[C@@H](C)O[C@@H](OC(CO)CO)[C@@H]3NC(C)=O)[C@H]2NC(C)=O)O[C@@H](C)[C@@H](O)[C@H]1O. The molecule has 3 aliphatic rings. The van der Waals surface area contributed by atoms with Crippen LogP contribution in [0.15, 0.2) is 0 Å². The molecule has 0 saturated carbocycles. The van der Waals surface area contributed by atoms with Crippen LogP contribution in [-0.4, -0.2) is 160 Å². The van der Waals surface area contributed by atoms with Crippen molar-refractivity contribution in [3.05, 3.63) is 0 Å². The van der Waals surface area contributed by atoms with Crippen LogP contribution in [0.2, 0.25) is 0 Å². The summed E-state index contributed by atoms with van der Waals surface area (Å²) >= 11 is 0. The largest absolute Gasteiger partial charge is 0.394 e. The molecule has 18 nitrogen and oxygen atoms in total. The standard InChI is InChI=1S/C27H47N3O15/c1-9-19(36)22(39)16(28-12(4)33)25(40-9)44-24-18(30-14(6)35)27(42-11(3)21(24)38)45-23-17(29-13(5)34)26(41-10(2)20(23)37)43-15(7-31)8-32/h9-11,15-27,31-32,36-39H,7-8H2,1-6H3,(H,28,33)(H,29,34)(H,30,35)/t9-,10+,11-,16-,17+,18-,19+,20+,21+,22-,23+,24-,25-,26-,27-/m0/s1. The van der Waals surface area contributed by atoms with Crippen molar-refractivity contribution in [3.8, 4) is 0 Å². The fourth-order valence-corrected chi connectivity index (χ4v) is 5.53. The van der Waals surface area contributed by atoms with E-state index in [1.54, 1.807) is 0 Å². The minimum absolute atomic E-state index is 0.557. The molecule has 3 aliphatic heterocycles. The molecule has 3 heterocycles. The summed E-state index contributed by atoms with van der Waals surface area (Å²) in [5.74, 6) is -1.71. The Hall–Kier alpha value is -2.07. The van der Waals surface area contributed by atoms with Crippen molar-refractivity contribution in [2.45, 2.75) is 140 Å². The van der Waals surface area contributed by atoms with Crippen LogP contribution in [0.4, 0.5) is 0 Å². The van der Waals surface area contributed by atoms with Gasteiger partial charge in [-0.15, -0.1) is 0 Å². The fourth-order valence-electron chi connectivity index (χ4n) is 5.53. The number of rotatable bonds is 11. The number of nitrogens with one attached hydrogen (secondary N) is 3. The Morgan fingerprint density at radius 1 is 0.600 bits per heavy atom. The van der Waals surface area contributed by atoms with Gasteiger partial charge in [0.2, 0.25) is 17.7 Å².